The van der Waals surface area contributed by atoms with Gasteiger partial charge in [-0.05, 0) is 18.8 Å². The summed E-state index contributed by atoms with van der Waals surface area (Å²) in [5, 5.41) is 9.20. The van der Waals surface area contributed by atoms with Gasteiger partial charge in [-0.1, -0.05) is 19.3 Å². The number of hydrogen-bond donors (Lipinski definition) is 1. The molecule has 0 radical (unpaired) electrons. The number of carbonyl (C=O) groups excluding carboxylic acids is 1. The molecule has 1 saturated heterocycles. The highest BCUT2D eigenvalue weighted by Gasteiger charge is 2.40. The summed E-state index contributed by atoms with van der Waals surface area (Å²) in [6.45, 7) is 0.416. The molecule has 2 unspecified atom stereocenters. The molecule has 1 amide bonds. The highest BCUT2D eigenvalue weighted by molar-refractivity contribution is 5.84. The number of rotatable bonds is 4. The molecule has 1 aliphatic heterocycles. The first kappa shape index (κ1) is 14.3. The van der Waals surface area contributed by atoms with Crippen molar-refractivity contribution in [2.24, 2.45) is 5.92 Å². The average molecular weight is 269 g/mol. The molecular formula is C14H23NO4. The molecule has 5 nitrogen and oxygen atoms in total. The van der Waals surface area contributed by atoms with E-state index in [1.54, 1.807) is 7.11 Å². The SMILES string of the molecule is COC1CC(C(=O)O)N(C(=O)CC2CCCCC2)C1. The van der Waals surface area contributed by atoms with Gasteiger partial charge in [0.1, 0.15) is 6.04 Å². The smallest absolute Gasteiger partial charge is 0.326 e. The Labute approximate surface area is 113 Å². The number of ether oxygens (including phenoxy) is 1. The zero-order valence-corrected chi connectivity index (χ0v) is 11.5. The zero-order chi connectivity index (χ0) is 13.8. The van der Waals surface area contributed by atoms with Crippen LogP contribution in [0.15, 0.2) is 0 Å². The molecule has 108 valence electrons. The molecule has 0 aromatic rings. The van der Waals surface area contributed by atoms with E-state index in [0.717, 1.165) is 12.8 Å². The van der Waals surface area contributed by atoms with Crippen LogP contribution in [0.25, 0.3) is 0 Å². The fourth-order valence-corrected chi connectivity index (χ4v) is 3.23. The lowest BCUT2D eigenvalue weighted by Gasteiger charge is -2.26. The Morgan fingerprint density at radius 2 is 1.95 bits per heavy atom. The molecule has 19 heavy (non-hydrogen) atoms. The van der Waals surface area contributed by atoms with Gasteiger partial charge in [-0.2, -0.15) is 0 Å². The minimum Gasteiger partial charge on any atom is -0.480 e. The van der Waals surface area contributed by atoms with Crippen molar-refractivity contribution in [3.8, 4) is 0 Å². The van der Waals surface area contributed by atoms with E-state index in [1.807, 2.05) is 0 Å². The largest absolute Gasteiger partial charge is 0.480 e. The number of aliphatic carboxylic acids is 1. The number of carbonyl (C=O) groups is 2. The van der Waals surface area contributed by atoms with Gasteiger partial charge < -0.3 is 14.7 Å². The lowest BCUT2D eigenvalue weighted by Crippen LogP contribution is -2.41. The third-order valence-electron chi connectivity index (χ3n) is 4.39. The van der Waals surface area contributed by atoms with Crippen molar-refractivity contribution in [1.29, 1.82) is 0 Å². The molecule has 0 bridgehead atoms. The molecule has 0 spiro atoms. The van der Waals surface area contributed by atoms with Crippen molar-refractivity contribution >= 4 is 11.9 Å². The normalized spacial score (nSPS) is 28.6. The van der Waals surface area contributed by atoms with Crippen molar-refractivity contribution in [2.45, 2.75) is 57.1 Å². The third kappa shape index (κ3) is 3.47. The van der Waals surface area contributed by atoms with Crippen molar-refractivity contribution in [3.05, 3.63) is 0 Å². The molecule has 1 N–H and O–H groups in total. The van der Waals surface area contributed by atoms with Crippen LogP contribution >= 0.6 is 0 Å². The molecule has 2 fully saturated rings. The Morgan fingerprint density at radius 1 is 1.26 bits per heavy atom. The van der Waals surface area contributed by atoms with E-state index in [1.165, 1.54) is 24.2 Å². The van der Waals surface area contributed by atoms with Gasteiger partial charge in [0.05, 0.1) is 6.10 Å². The van der Waals surface area contributed by atoms with E-state index in [0.29, 0.717) is 25.3 Å². The van der Waals surface area contributed by atoms with Gasteiger partial charge in [0.25, 0.3) is 0 Å². The maximum atomic E-state index is 12.3. The van der Waals surface area contributed by atoms with Crippen molar-refractivity contribution < 1.29 is 19.4 Å². The Balaban J connectivity index is 1.94. The summed E-state index contributed by atoms with van der Waals surface area (Å²) in [4.78, 5) is 25.0. The lowest BCUT2D eigenvalue weighted by atomic mass is 9.86. The Morgan fingerprint density at radius 3 is 2.53 bits per heavy atom. The summed E-state index contributed by atoms with van der Waals surface area (Å²) in [6, 6.07) is -0.707. The molecule has 1 heterocycles. The maximum Gasteiger partial charge on any atom is 0.326 e. The first-order chi connectivity index (χ1) is 9.11. The molecule has 0 aromatic heterocycles. The van der Waals surface area contributed by atoms with Gasteiger partial charge in [0.15, 0.2) is 0 Å². The summed E-state index contributed by atoms with van der Waals surface area (Å²) < 4.78 is 5.20. The Bertz CT molecular complexity index is 338. The van der Waals surface area contributed by atoms with Crippen LogP contribution in [0.5, 0.6) is 0 Å². The topological polar surface area (TPSA) is 66.8 Å². The van der Waals surface area contributed by atoms with Crippen LogP contribution in [-0.4, -0.2) is 47.7 Å². The molecule has 1 aliphatic carbocycles. The molecular weight excluding hydrogens is 246 g/mol. The number of carboxylic acid groups (broad SMARTS) is 1. The summed E-state index contributed by atoms with van der Waals surface area (Å²) in [5.41, 5.74) is 0. The number of amides is 1. The second-order valence-electron chi connectivity index (χ2n) is 5.70. The summed E-state index contributed by atoms with van der Waals surface area (Å²) in [5.74, 6) is -0.493. The van der Waals surface area contributed by atoms with Crippen molar-refractivity contribution in [2.75, 3.05) is 13.7 Å². The van der Waals surface area contributed by atoms with Crippen molar-refractivity contribution in [1.82, 2.24) is 4.90 Å². The summed E-state index contributed by atoms with van der Waals surface area (Å²) in [6.07, 6.45) is 6.62. The van der Waals surface area contributed by atoms with E-state index in [-0.39, 0.29) is 12.0 Å². The summed E-state index contributed by atoms with van der Waals surface area (Å²) in [7, 11) is 1.57. The Hall–Kier alpha value is -1.10. The molecule has 2 aliphatic rings. The van der Waals surface area contributed by atoms with Gasteiger partial charge in [0, 0.05) is 26.5 Å². The van der Waals surface area contributed by atoms with Gasteiger partial charge in [-0.25, -0.2) is 4.79 Å². The minimum absolute atomic E-state index is 0.0150. The molecule has 0 aromatic carbocycles. The van der Waals surface area contributed by atoms with Gasteiger partial charge >= 0.3 is 5.97 Å². The van der Waals surface area contributed by atoms with E-state index in [2.05, 4.69) is 0 Å². The van der Waals surface area contributed by atoms with Gasteiger partial charge in [-0.15, -0.1) is 0 Å². The number of carboxylic acids is 1. The van der Waals surface area contributed by atoms with Crippen LogP contribution in [0, 0.1) is 5.92 Å². The van der Waals surface area contributed by atoms with Crippen LogP contribution in [0.1, 0.15) is 44.9 Å². The van der Waals surface area contributed by atoms with Crippen LogP contribution in [0.3, 0.4) is 0 Å². The van der Waals surface area contributed by atoms with E-state index < -0.39 is 12.0 Å². The van der Waals surface area contributed by atoms with Gasteiger partial charge in [0.2, 0.25) is 5.91 Å². The minimum atomic E-state index is -0.920. The van der Waals surface area contributed by atoms with E-state index in [9.17, 15) is 14.7 Å². The fourth-order valence-electron chi connectivity index (χ4n) is 3.23. The lowest BCUT2D eigenvalue weighted by molar-refractivity contribution is -0.148. The van der Waals surface area contributed by atoms with E-state index >= 15 is 0 Å². The number of likely N-dealkylation sites (tertiary alicyclic amines) is 1. The number of hydrogen-bond acceptors (Lipinski definition) is 3. The second kappa shape index (κ2) is 6.37. The van der Waals surface area contributed by atoms with Crippen LogP contribution < -0.4 is 0 Å². The molecule has 2 rings (SSSR count). The van der Waals surface area contributed by atoms with Crippen molar-refractivity contribution in [3.63, 3.8) is 0 Å². The monoisotopic (exact) mass is 269 g/mol. The van der Waals surface area contributed by atoms with Crippen LogP contribution in [-0.2, 0) is 14.3 Å². The fraction of sp³-hybridized carbons (Fsp3) is 0.857. The number of methoxy groups -OCH3 is 1. The van der Waals surface area contributed by atoms with E-state index in [4.69, 9.17) is 4.74 Å². The van der Waals surface area contributed by atoms with Crippen LogP contribution in [0.4, 0.5) is 0 Å². The Kier molecular flexibility index (Phi) is 4.80. The first-order valence-electron chi connectivity index (χ1n) is 7.17. The highest BCUT2D eigenvalue weighted by atomic mass is 16.5. The first-order valence-corrected chi connectivity index (χ1v) is 7.17. The second-order valence-corrected chi connectivity index (χ2v) is 5.70. The highest BCUT2D eigenvalue weighted by Crippen LogP contribution is 2.29. The predicted molar refractivity (Wildman–Crippen MR) is 69.7 cm³/mol. The quantitative estimate of drug-likeness (QED) is 0.843. The molecule has 2 atom stereocenters. The average Bonchev–Trinajstić information content (AvgIpc) is 2.84. The zero-order valence-electron chi connectivity index (χ0n) is 11.5. The van der Waals surface area contributed by atoms with Crippen LogP contribution in [0.2, 0.25) is 0 Å². The molecule has 5 heteroatoms. The predicted octanol–water partition coefficient (Wildman–Crippen LogP) is 1.66. The maximum absolute atomic E-state index is 12.3. The van der Waals surface area contributed by atoms with Gasteiger partial charge in [-0.3, -0.25) is 4.79 Å². The third-order valence-corrected chi connectivity index (χ3v) is 4.39. The summed E-state index contributed by atoms with van der Waals surface area (Å²) >= 11 is 0. The molecule has 1 saturated carbocycles. The number of nitrogens with zero attached hydrogens (tertiary/aromatic N) is 1. The standard InChI is InChI=1S/C14H23NO4/c1-19-11-8-12(14(17)18)15(9-11)13(16)7-10-5-3-2-4-6-10/h10-12H,2-9H2,1H3,(H,17,18).